The van der Waals surface area contributed by atoms with Gasteiger partial charge in [0.15, 0.2) is 0 Å². The SMILES string of the molecule is Cc1ccc(/C=C/c2ccc([NH-])cc2)cc1.[K+].[K+]. The van der Waals surface area contributed by atoms with Crippen molar-refractivity contribution in [2.45, 2.75) is 6.92 Å². The first-order valence-electron chi connectivity index (χ1n) is 5.30. The van der Waals surface area contributed by atoms with Crippen LogP contribution in [-0.4, -0.2) is 0 Å². The molecule has 2 rings (SSSR count). The van der Waals surface area contributed by atoms with Crippen LogP contribution < -0.4 is 103 Å². The van der Waals surface area contributed by atoms with Crippen molar-refractivity contribution in [1.29, 1.82) is 0 Å². The van der Waals surface area contributed by atoms with Crippen molar-refractivity contribution in [3.8, 4) is 0 Å². The molecule has 1 N–H and O–H groups in total. The Labute approximate surface area is 194 Å². The molecule has 0 aliphatic carbocycles. The van der Waals surface area contributed by atoms with Crippen LogP contribution in [0.25, 0.3) is 17.9 Å². The van der Waals surface area contributed by atoms with E-state index in [4.69, 9.17) is 5.73 Å². The van der Waals surface area contributed by atoms with Gasteiger partial charge in [-0.15, -0.1) is 5.69 Å². The molecule has 0 saturated heterocycles. The van der Waals surface area contributed by atoms with Gasteiger partial charge in [0, 0.05) is 0 Å². The Hall–Kier alpha value is 1.25. The zero-order chi connectivity index (χ0) is 11.4. The van der Waals surface area contributed by atoms with Crippen molar-refractivity contribution in [3.63, 3.8) is 0 Å². The molecule has 0 heterocycles. The first-order valence-corrected chi connectivity index (χ1v) is 5.30. The van der Waals surface area contributed by atoms with Gasteiger partial charge in [-0.25, -0.2) is 0 Å². The van der Waals surface area contributed by atoms with Gasteiger partial charge in [-0.1, -0.05) is 66.2 Å². The van der Waals surface area contributed by atoms with Gasteiger partial charge >= 0.3 is 103 Å². The molecular weight excluding hydrogens is 272 g/mol. The second-order valence-electron chi connectivity index (χ2n) is 3.87. The van der Waals surface area contributed by atoms with Gasteiger partial charge < -0.3 is 5.73 Å². The van der Waals surface area contributed by atoms with E-state index in [1.54, 1.807) is 12.1 Å². The molecule has 0 spiro atoms. The normalized spacial score (nSPS) is 9.61. The minimum Gasteiger partial charge on any atom is -0.699 e. The quantitative estimate of drug-likeness (QED) is 0.492. The summed E-state index contributed by atoms with van der Waals surface area (Å²) in [6, 6.07) is 15.9. The minimum atomic E-state index is 0. The van der Waals surface area contributed by atoms with Gasteiger partial charge in [-0.3, -0.25) is 0 Å². The van der Waals surface area contributed by atoms with E-state index < -0.39 is 0 Å². The molecule has 0 aliphatic rings. The smallest absolute Gasteiger partial charge is 0.699 e. The molecule has 18 heavy (non-hydrogen) atoms. The molecule has 0 atom stereocenters. The molecule has 3 heteroatoms. The average molecular weight is 286 g/mol. The van der Waals surface area contributed by atoms with E-state index in [0.29, 0.717) is 5.69 Å². The fraction of sp³-hybridized carbons (Fsp3) is 0.0667. The maximum Gasteiger partial charge on any atom is 1.00 e. The molecule has 0 aromatic heterocycles. The van der Waals surface area contributed by atoms with E-state index in [1.165, 1.54) is 11.1 Å². The van der Waals surface area contributed by atoms with Gasteiger partial charge in [0.1, 0.15) is 0 Å². The van der Waals surface area contributed by atoms with Crippen LogP contribution in [0, 0.1) is 6.92 Å². The Morgan fingerprint density at radius 1 is 0.722 bits per heavy atom. The number of hydrogen-bond donors (Lipinski definition) is 0. The second kappa shape index (κ2) is 10.0. The van der Waals surface area contributed by atoms with Crippen molar-refractivity contribution in [2.75, 3.05) is 0 Å². The molecule has 1 nitrogen and oxygen atoms in total. The van der Waals surface area contributed by atoms with Gasteiger partial charge in [0.05, 0.1) is 0 Å². The fourth-order valence-corrected chi connectivity index (χ4v) is 1.46. The first kappa shape index (κ1) is 19.3. The summed E-state index contributed by atoms with van der Waals surface area (Å²) in [7, 11) is 0. The van der Waals surface area contributed by atoms with Crippen LogP contribution >= 0.6 is 0 Å². The number of benzene rings is 2. The van der Waals surface area contributed by atoms with Crippen LogP contribution in [0.3, 0.4) is 0 Å². The summed E-state index contributed by atoms with van der Waals surface area (Å²) in [4.78, 5) is 0. The summed E-state index contributed by atoms with van der Waals surface area (Å²) in [5.74, 6) is 0. The molecule has 80 valence electrons. The van der Waals surface area contributed by atoms with Crippen molar-refractivity contribution in [3.05, 3.63) is 71.0 Å². The van der Waals surface area contributed by atoms with Gasteiger partial charge in [0.2, 0.25) is 0 Å². The Kier molecular flexibility index (Phi) is 10.7. The van der Waals surface area contributed by atoms with Crippen molar-refractivity contribution in [2.24, 2.45) is 0 Å². The van der Waals surface area contributed by atoms with Crippen LogP contribution in [0.4, 0.5) is 5.69 Å². The number of rotatable bonds is 2. The summed E-state index contributed by atoms with van der Waals surface area (Å²) in [6.45, 7) is 2.08. The van der Waals surface area contributed by atoms with Crippen LogP contribution in [0.2, 0.25) is 0 Å². The van der Waals surface area contributed by atoms with Gasteiger partial charge in [-0.05, 0) is 18.1 Å². The van der Waals surface area contributed by atoms with E-state index in [9.17, 15) is 0 Å². The molecule has 0 fully saturated rings. The third kappa shape index (κ3) is 6.61. The van der Waals surface area contributed by atoms with Crippen molar-refractivity contribution < 1.29 is 103 Å². The average Bonchev–Trinajstić information content (AvgIpc) is 2.30. The molecule has 2 aromatic rings. The zero-order valence-corrected chi connectivity index (χ0v) is 17.5. The summed E-state index contributed by atoms with van der Waals surface area (Å²) in [6.07, 6.45) is 4.14. The summed E-state index contributed by atoms with van der Waals surface area (Å²) in [5, 5.41) is 0. The first-order chi connectivity index (χ1) is 7.74. The number of hydrogen-bond acceptors (Lipinski definition) is 0. The number of nitrogens with one attached hydrogen (secondary N) is 1. The molecule has 0 bridgehead atoms. The Morgan fingerprint density at radius 2 is 1.11 bits per heavy atom. The van der Waals surface area contributed by atoms with E-state index in [0.717, 1.165) is 5.56 Å². The molecule has 0 amide bonds. The zero-order valence-electron chi connectivity index (χ0n) is 11.3. The maximum absolute atomic E-state index is 7.39. The van der Waals surface area contributed by atoms with E-state index in [-0.39, 0.29) is 103 Å². The van der Waals surface area contributed by atoms with E-state index in [1.807, 2.05) is 12.1 Å². The van der Waals surface area contributed by atoms with E-state index in [2.05, 4.69) is 43.3 Å². The Morgan fingerprint density at radius 3 is 1.56 bits per heavy atom. The summed E-state index contributed by atoms with van der Waals surface area (Å²) >= 11 is 0. The summed E-state index contributed by atoms with van der Waals surface area (Å²) in [5.41, 5.74) is 11.5. The molecule has 0 radical (unpaired) electrons. The fourth-order valence-electron chi connectivity index (χ4n) is 1.46. The molecule has 2 aromatic carbocycles. The van der Waals surface area contributed by atoms with Crippen LogP contribution in [0.1, 0.15) is 16.7 Å². The second-order valence-corrected chi connectivity index (χ2v) is 3.87. The Bertz CT molecular complexity index is 439. The van der Waals surface area contributed by atoms with Crippen molar-refractivity contribution in [1.82, 2.24) is 0 Å². The maximum atomic E-state index is 7.39. The third-order valence-electron chi connectivity index (χ3n) is 2.46. The monoisotopic (exact) mass is 286 g/mol. The van der Waals surface area contributed by atoms with Crippen LogP contribution in [0.15, 0.2) is 48.5 Å². The predicted molar refractivity (Wildman–Crippen MR) is 70.5 cm³/mol. The molecular formula is C15H14K2N+. The third-order valence-corrected chi connectivity index (χ3v) is 2.46. The van der Waals surface area contributed by atoms with Crippen LogP contribution in [0.5, 0.6) is 0 Å². The van der Waals surface area contributed by atoms with Crippen molar-refractivity contribution >= 4 is 17.8 Å². The van der Waals surface area contributed by atoms with Gasteiger partial charge in [0.25, 0.3) is 0 Å². The molecule has 0 saturated carbocycles. The topological polar surface area (TPSA) is 23.8 Å². The summed E-state index contributed by atoms with van der Waals surface area (Å²) < 4.78 is 0. The molecule has 0 aliphatic heterocycles. The Balaban J connectivity index is 0.00000144. The molecule has 0 unspecified atom stereocenters. The standard InChI is InChI=1S/C15H14N.2K/c1-12-2-4-13(5-3-12)6-7-14-8-10-15(16)11-9-14;;/h2-11,16H,1H3;;/q-1;2*+1/b7-6+;;. The predicted octanol–water partition coefficient (Wildman–Crippen LogP) is -1.14. The number of aryl methyl sites for hydroxylation is 1. The van der Waals surface area contributed by atoms with E-state index >= 15 is 0 Å². The minimum absolute atomic E-state index is 0. The van der Waals surface area contributed by atoms with Gasteiger partial charge in [-0.2, -0.15) is 0 Å². The van der Waals surface area contributed by atoms with Crippen LogP contribution in [-0.2, 0) is 0 Å². The largest absolute Gasteiger partial charge is 1.00 e.